The maximum absolute atomic E-state index is 13.0. The Bertz CT molecular complexity index is 991. The largest absolute Gasteiger partial charge is 0.465 e. The minimum Gasteiger partial charge on any atom is -0.465 e. The van der Waals surface area contributed by atoms with Gasteiger partial charge in [-0.25, -0.2) is 21.6 Å². The number of methoxy groups -OCH3 is 1. The lowest BCUT2D eigenvalue weighted by atomic mass is 10.2. The first-order chi connectivity index (χ1) is 12.3. The molecule has 1 aliphatic heterocycles. The number of carbonyl (C=O) groups is 1. The Labute approximate surface area is 160 Å². The molecule has 11 heteroatoms. The minimum atomic E-state index is -3.99. The Balaban J connectivity index is 1.91. The fourth-order valence-electron chi connectivity index (χ4n) is 2.84. The van der Waals surface area contributed by atoms with Gasteiger partial charge in [0, 0.05) is 18.0 Å². The number of ether oxygens (including phenoxy) is 1. The number of nitrogens with zero attached hydrogens (tertiary/aromatic N) is 1. The van der Waals surface area contributed by atoms with Crippen molar-refractivity contribution in [3.8, 4) is 0 Å². The zero-order valence-corrected chi connectivity index (χ0v) is 17.1. The van der Waals surface area contributed by atoms with E-state index in [2.05, 4.69) is 4.74 Å². The molecule has 0 bridgehead atoms. The van der Waals surface area contributed by atoms with Crippen molar-refractivity contribution in [3.05, 3.63) is 38.7 Å². The van der Waals surface area contributed by atoms with Crippen molar-refractivity contribution in [1.29, 1.82) is 0 Å². The number of thiophene rings is 2. The van der Waals surface area contributed by atoms with Gasteiger partial charge in [0.25, 0.3) is 0 Å². The van der Waals surface area contributed by atoms with E-state index in [1.54, 1.807) is 17.5 Å². The van der Waals surface area contributed by atoms with E-state index in [0.717, 1.165) is 20.5 Å². The number of hydrogen-bond acceptors (Lipinski definition) is 8. The molecule has 1 fully saturated rings. The summed E-state index contributed by atoms with van der Waals surface area (Å²) in [6.07, 6.45) is 0.180. The molecule has 0 N–H and O–H groups in total. The maximum Gasteiger partial charge on any atom is 0.349 e. The molecule has 1 saturated heterocycles. The van der Waals surface area contributed by atoms with Crippen LogP contribution in [-0.2, 0) is 24.6 Å². The molecule has 7 nitrogen and oxygen atoms in total. The van der Waals surface area contributed by atoms with Crippen LogP contribution in [0.1, 0.15) is 26.2 Å². The van der Waals surface area contributed by atoms with Crippen molar-refractivity contribution in [1.82, 2.24) is 4.31 Å². The highest BCUT2D eigenvalue weighted by molar-refractivity contribution is 7.92. The van der Waals surface area contributed by atoms with Crippen LogP contribution < -0.4 is 0 Å². The lowest BCUT2D eigenvalue weighted by Crippen LogP contribution is -2.34. The van der Waals surface area contributed by atoms with Crippen molar-refractivity contribution in [3.63, 3.8) is 0 Å². The minimum absolute atomic E-state index is 0.00518. The average molecular weight is 436 g/mol. The van der Waals surface area contributed by atoms with Crippen molar-refractivity contribution in [2.75, 3.05) is 26.0 Å². The predicted molar refractivity (Wildman–Crippen MR) is 99.9 cm³/mol. The Morgan fingerprint density at radius 2 is 2.00 bits per heavy atom. The van der Waals surface area contributed by atoms with E-state index in [9.17, 15) is 21.6 Å². The molecular formula is C15H17NO6S4. The molecule has 0 radical (unpaired) electrons. The van der Waals surface area contributed by atoms with Gasteiger partial charge in [0.15, 0.2) is 9.84 Å². The highest BCUT2D eigenvalue weighted by Gasteiger charge is 2.37. The molecule has 2 aromatic heterocycles. The van der Waals surface area contributed by atoms with Crippen molar-refractivity contribution in [2.45, 2.75) is 16.6 Å². The van der Waals surface area contributed by atoms with Crippen LogP contribution in [0, 0.1) is 0 Å². The van der Waals surface area contributed by atoms with Crippen LogP contribution in [0.3, 0.4) is 0 Å². The number of sulfone groups is 1. The Morgan fingerprint density at radius 1 is 1.23 bits per heavy atom. The van der Waals surface area contributed by atoms with Crippen LogP contribution in [0.5, 0.6) is 0 Å². The Morgan fingerprint density at radius 3 is 2.65 bits per heavy atom. The molecule has 26 heavy (non-hydrogen) atoms. The van der Waals surface area contributed by atoms with E-state index < -0.39 is 31.1 Å². The first-order valence-electron chi connectivity index (χ1n) is 7.68. The van der Waals surface area contributed by atoms with E-state index in [1.165, 1.54) is 29.9 Å². The average Bonchev–Trinajstić information content (AvgIpc) is 3.25. The molecule has 2 aromatic rings. The molecule has 1 unspecified atom stereocenters. The monoisotopic (exact) mass is 435 g/mol. The molecule has 0 aliphatic carbocycles. The van der Waals surface area contributed by atoms with E-state index >= 15 is 0 Å². The Hall–Kier alpha value is -1.27. The fraction of sp³-hybridized carbons (Fsp3) is 0.400. The van der Waals surface area contributed by atoms with Gasteiger partial charge >= 0.3 is 5.97 Å². The third-order valence-electron chi connectivity index (χ3n) is 4.18. The lowest BCUT2D eigenvalue weighted by molar-refractivity contribution is 0.0602. The second kappa shape index (κ2) is 7.39. The van der Waals surface area contributed by atoms with Gasteiger partial charge in [0.05, 0.1) is 18.1 Å². The number of sulfonamides is 1. The van der Waals surface area contributed by atoms with Crippen molar-refractivity contribution < 1.29 is 26.4 Å². The molecular weight excluding hydrogens is 418 g/mol. The van der Waals surface area contributed by atoms with Gasteiger partial charge in [0.2, 0.25) is 10.0 Å². The number of carbonyl (C=O) groups excluding carboxylic acids is 1. The molecule has 1 atom stereocenters. The topological polar surface area (TPSA) is 97.8 Å². The van der Waals surface area contributed by atoms with Crippen LogP contribution >= 0.6 is 22.7 Å². The zero-order chi connectivity index (χ0) is 18.9. The standard InChI is InChI=1S/C15H17NO6S4/c1-22-15(17)14-13(5-9-24-14)26(20,21)16-6-4-12(11-3-2-8-23-11)25(18,19)10-7-16/h2-3,5,8-9,12H,4,6-7,10H2,1H3. The van der Waals surface area contributed by atoms with Gasteiger partial charge in [-0.1, -0.05) is 6.07 Å². The van der Waals surface area contributed by atoms with E-state index in [0.29, 0.717) is 0 Å². The third-order valence-corrected chi connectivity index (χ3v) is 10.4. The summed E-state index contributed by atoms with van der Waals surface area (Å²) in [6, 6.07) is 4.89. The van der Waals surface area contributed by atoms with Crippen LogP contribution in [0.4, 0.5) is 0 Å². The molecule has 3 heterocycles. The predicted octanol–water partition coefficient (Wildman–Crippen LogP) is 2.15. The van der Waals surface area contributed by atoms with Gasteiger partial charge in [0.1, 0.15) is 9.77 Å². The zero-order valence-electron chi connectivity index (χ0n) is 13.8. The van der Waals surface area contributed by atoms with Gasteiger partial charge in [-0.05, 0) is 29.3 Å². The summed E-state index contributed by atoms with van der Waals surface area (Å²) in [6.45, 7) is -0.0659. The number of hydrogen-bond donors (Lipinski definition) is 0. The van der Waals surface area contributed by atoms with Gasteiger partial charge in [-0.2, -0.15) is 4.31 Å². The molecule has 0 aromatic carbocycles. The first kappa shape index (κ1) is 19.5. The van der Waals surface area contributed by atoms with Crippen LogP contribution in [-0.4, -0.2) is 53.1 Å². The summed E-state index contributed by atoms with van der Waals surface area (Å²) < 4.78 is 56.9. The molecule has 142 valence electrons. The first-order valence-corrected chi connectivity index (χ1v) is 12.6. The third kappa shape index (κ3) is 3.58. The summed E-state index contributed by atoms with van der Waals surface area (Å²) >= 11 is 2.33. The van der Waals surface area contributed by atoms with Crippen molar-refractivity contribution in [2.24, 2.45) is 0 Å². The van der Waals surface area contributed by atoms with E-state index in [-0.39, 0.29) is 35.0 Å². The summed E-state index contributed by atoms with van der Waals surface area (Å²) in [5.74, 6) is -0.982. The highest BCUT2D eigenvalue weighted by atomic mass is 32.2. The van der Waals surface area contributed by atoms with Crippen LogP contribution in [0.2, 0.25) is 0 Å². The smallest absolute Gasteiger partial charge is 0.349 e. The van der Waals surface area contributed by atoms with Gasteiger partial charge in [-0.15, -0.1) is 22.7 Å². The summed E-state index contributed by atoms with van der Waals surface area (Å²) in [7, 11) is -6.27. The SMILES string of the molecule is COC(=O)c1sccc1S(=O)(=O)N1CCC(c2cccs2)S(=O)(=O)CC1. The molecule has 0 amide bonds. The summed E-state index contributed by atoms with van der Waals surface area (Å²) in [4.78, 5) is 12.4. The summed E-state index contributed by atoms with van der Waals surface area (Å²) in [5, 5.41) is 2.60. The molecule has 0 spiro atoms. The quantitative estimate of drug-likeness (QED) is 0.683. The van der Waals surface area contributed by atoms with Crippen LogP contribution in [0.25, 0.3) is 0 Å². The van der Waals surface area contributed by atoms with E-state index in [4.69, 9.17) is 0 Å². The number of rotatable bonds is 4. The highest BCUT2D eigenvalue weighted by Crippen LogP contribution is 2.34. The normalized spacial score (nSPS) is 21.2. The molecule has 3 rings (SSSR count). The summed E-state index contributed by atoms with van der Waals surface area (Å²) in [5.41, 5.74) is 0. The second-order valence-corrected chi connectivity index (χ2v) is 11.8. The second-order valence-electron chi connectivity index (χ2n) is 5.67. The Kier molecular flexibility index (Phi) is 5.54. The maximum atomic E-state index is 13.0. The van der Waals surface area contributed by atoms with Crippen LogP contribution in [0.15, 0.2) is 33.9 Å². The van der Waals surface area contributed by atoms with Crippen molar-refractivity contribution >= 4 is 48.5 Å². The molecule has 0 saturated carbocycles. The lowest BCUT2D eigenvalue weighted by Gasteiger charge is -2.19. The molecule has 1 aliphatic rings. The van der Waals surface area contributed by atoms with E-state index in [1.807, 2.05) is 0 Å². The van der Waals surface area contributed by atoms with Gasteiger partial charge < -0.3 is 4.74 Å². The number of esters is 1. The fourth-order valence-corrected chi connectivity index (χ4v) is 8.72. The van der Waals surface area contributed by atoms with Gasteiger partial charge in [-0.3, -0.25) is 0 Å².